The van der Waals surface area contributed by atoms with Gasteiger partial charge in [-0.25, -0.2) is 9.78 Å². The maximum absolute atomic E-state index is 11.1. The third kappa shape index (κ3) is 5.45. The summed E-state index contributed by atoms with van der Waals surface area (Å²) in [6.07, 6.45) is 6.48. The molecule has 148 valence electrons. The maximum Gasteiger partial charge on any atom is 0.329 e. The van der Waals surface area contributed by atoms with Crippen molar-refractivity contribution in [2.45, 2.75) is 39.7 Å². The van der Waals surface area contributed by atoms with E-state index in [9.17, 15) is 4.79 Å². The van der Waals surface area contributed by atoms with Gasteiger partial charge in [0.1, 0.15) is 22.4 Å². The molecule has 2 aromatic rings. The summed E-state index contributed by atoms with van der Waals surface area (Å²) in [6, 6.07) is 5.17. The van der Waals surface area contributed by atoms with Gasteiger partial charge in [0.25, 0.3) is 0 Å². The number of allylic oxidation sites excluding steroid dienone is 3. The first-order valence-electron chi connectivity index (χ1n) is 9.18. The van der Waals surface area contributed by atoms with Gasteiger partial charge in [-0.05, 0) is 57.9 Å². The largest absolute Gasteiger partial charge is 0.489 e. The van der Waals surface area contributed by atoms with Crippen LogP contribution >= 0.6 is 23.1 Å². The Labute approximate surface area is 173 Å². The highest BCUT2D eigenvalue weighted by Crippen LogP contribution is 2.31. The minimum Gasteiger partial charge on any atom is -0.489 e. The topological polar surface area (TPSA) is 71.8 Å². The summed E-state index contributed by atoms with van der Waals surface area (Å²) in [4.78, 5) is 19.9. The second-order valence-corrected chi connectivity index (χ2v) is 8.97. The van der Waals surface area contributed by atoms with Crippen LogP contribution < -0.4 is 4.74 Å². The molecule has 1 aliphatic heterocycles. The van der Waals surface area contributed by atoms with Crippen molar-refractivity contribution < 1.29 is 14.6 Å². The van der Waals surface area contributed by atoms with E-state index >= 15 is 0 Å². The first-order chi connectivity index (χ1) is 13.4. The number of benzene rings is 1. The van der Waals surface area contributed by atoms with Crippen LogP contribution in [0, 0.1) is 0 Å². The van der Waals surface area contributed by atoms with E-state index in [-0.39, 0.29) is 0 Å². The molecule has 0 radical (unpaired) electrons. The SMILES string of the molecule is CC(C)=CCC/C(C)=C/COc1ccc2nc(C3=NC(C(=O)O)CS3)sc2c1. The van der Waals surface area contributed by atoms with E-state index in [4.69, 9.17) is 9.84 Å². The van der Waals surface area contributed by atoms with E-state index < -0.39 is 12.0 Å². The zero-order valence-corrected chi connectivity index (χ0v) is 17.9. The Balaban J connectivity index is 1.62. The molecule has 1 aliphatic rings. The van der Waals surface area contributed by atoms with Crippen molar-refractivity contribution in [2.75, 3.05) is 12.4 Å². The minimum atomic E-state index is -0.886. The summed E-state index contributed by atoms with van der Waals surface area (Å²) in [5.74, 6) is 0.387. The van der Waals surface area contributed by atoms with Crippen LogP contribution in [0.25, 0.3) is 10.2 Å². The van der Waals surface area contributed by atoms with E-state index in [1.54, 1.807) is 0 Å². The Kier molecular flexibility index (Phi) is 6.91. The van der Waals surface area contributed by atoms with E-state index in [0.29, 0.717) is 17.4 Å². The number of thioether (sulfide) groups is 1. The fourth-order valence-electron chi connectivity index (χ4n) is 2.67. The second kappa shape index (κ2) is 9.39. The fourth-order valence-corrected chi connectivity index (χ4v) is 4.77. The lowest BCUT2D eigenvalue weighted by molar-refractivity contribution is -0.137. The molecule has 0 fully saturated rings. The van der Waals surface area contributed by atoms with E-state index in [1.807, 2.05) is 18.2 Å². The Morgan fingerprint density at radius 2 is 2.14 bits per heavy atom. The summed E-state index contributed by atoms with van der Waals surface area (Å²) in [5.41, 5.74) is 3.55. The van der Waals surface area contributed by atoms with Gasteiger partial charge in [-0.3, -0.25) is 4.99 Å². The van der Waals surface area contributed by atoms with Crippen LogP contribution in [0.3, 0.4) is 0 Å². The predicted octanol–water partition coefficient (Wildman–Crippen LogP) is 5.31. The molecule has 1 aromatic carbocycles. The zero-order chi connectivity index (χ0) is 20.1. The predicted molar refractivity (Wildman–Crippen MR) is 118 cm³/mol. The standard InChI is InChI=1S/C21H24N2O3S2/c1-13(2)5-4-6-14(3)9-10-26-15-7-8-16-18(11-15)28-20(22-16)19-23-17(12-27-19)21(24)25/h5,7-9,11,17H,4,6,10,12H2,1-3H3,(H,24,25)/b14-9+. The molecule has 1 aromatic heterocycles. The van der Waals surface area contributed by atoms with Gasteiger partial charge in [-0.1, -0.05) is 17.2 Å². The molecule has 0 saturated heterocycles. The quantitative estimate of drug-likeness (QED) is 0.590. The number of aromatic nitrogens is 1. The van der Waals surface area contributed by atoms with E-state index in [1.165, 1.54) is 34.2 Å². The molecular formula is C21H24N2O3S2. The molecule has 0 amide bonds. The van der Waals surface area contributed by atoms with Crippen molar-refractivity contribution in [1.29, 1.82) is 0 Å². The number of rotatable bonds is 8. The number of ether oxygens (including phenoxy) is 1. The summed E-state index contributed by atoms with van der Waals surface area (Å²) in [7, 11) is 0. The Morgan fingerprint density at radius 1 is 1.32 bits per heavy atom. The number of thiazole rings is 1. The fraction of sp³-hybridized carbons (Fsp3) is 0.381. The third-order valence-corrected chi connectivity index (χ3v) is 6.46. The van der Waals surface area contributed by atoms with Crippen LogP contribution in [0.4, 0.5) is 0 Å². The molecule has 2 heterocycles. The molecule has 3 rings (SSSR count). The van der Waals surface area contributed by atoms with Crippen molar-refractivity contribution in [3.05, 3.63) is 46.5 Å². The zero-order valence-electron chi connectivity index (χ0n) is 16.3. The van der Waals surface area contributed by atoms with Crippen molar-refractivity contribution in [2.24, 2.45) is 4.99 Å². The Bertz CT molecular complexity index is 956. The number of nitrogens with zero attached hydrogens (tertiary/aromatic N) is 2. The highest BCUT2D eigenvalue weighted by Gasteiger charge is 2.26. The third-order valence-electron chi connectivity index (χ3n) is 4.25. The Hall–Kier alpha value is -2.12. The molecule has 0 saturated carbocycles. The Morgan fingerprint density at radius 3 is 2.86 bits per heavy atom. The highest BCUT2D eigenvalue weighted by molar-refractivity contribution is 8.15. The van der Waals surface area contributed by atoms with Crippen molar-refractivity contribution in [3.63, 3.8) is 0 Å². The maximum atomic E-state index is 11.1. The number of carboxylic acids is 1. The number of hydrogen-bond acceptors (Lipinski definition) is 6. The lowest BCUT2D eigenvalue weighted by atomic mass is 10.1. The number of hydrogen-bond donors (Lipinski definition) is 1. The molecule has 28 heavy (non-hydrogen) atoms. The second-order valence-electron chi connectivity index (χ2n) is 6.93. The first kappa shape index (κ1) is 20.6. The van der Waals surface area contributed by atoms with Gasteiger partial charge >= 0.3 is 5.97 Å². The van der Waals surface area contributed by atoms with Gasteiger partial charge in [-0.2, -0.15) is 0 Å². The van der Waals surface area contributed by atoms with Crippen LogP contribution in [-0.2, 0) is 4.79 Å². The molecule has 0 spiro atoms. The highest BCUT2D eigenvalue weighted by atomic mass is 32.2. The van der Waals surface area contributed by atoms with Crippen LogP contribution in [-0.4, -0.2) is 39.5 Å². The number of fused-ring (bicyclic) bond motifs is 1. The molecule has 0 aliphatic carbocycles. The average molecular weight is 417 g/mol. The monoisotopic (exact) mass is 416 g/mol. The molecule has 1 unspecified atom stereocenters. The van der Waals surface area contributed by atoms with E-state index in [2.05, 4.69) is 42.9 Å². The summed E-state index contributed by atoms with van der Waals surface area (Å²) < 4.78 is 6.88. The molecular weight excluding hydrogens is 392 g/mol. The normalized spacial score (nSPS) is 16.9. The number of carboxylic acid groups (broad SMARTS) is 1. The summed E-state index contributed by atoms with van der Waals surface area (Å²) in [6.45, 7) is 6.91. The number of aliphatic carboxylic acids is 1. The van der Waals surface area contributed by atoms with Gasteiger partial charge in [0.05, 0.1) is 10.2 Å². The molecule has 1 atom stereocenters. The van der Waals surface area contributed by atoms with Gasteiger partial charge in [0.2, 0.25) is 0 Å². The summed E-state index contributed by atoms with van der Waals surface area (Å²) >= 11 is 2.97. The smallest absolute Gasteiger partial charge is 0.329 e. The molecule has 7 heteroatoms. The molecule has 1 N–H and O–H groups in total. The summed E-state index contributed by atoms with van der Waals surface area (Å²) in [5, 5.41) is 10.6. The molecule has 5 nitrogen and oxygen atoms in total. The van der Waals surface area contributed by atoms with Gasteiger partial charge in [-0.15, -0.1) is 23.1 Å². The van der Waals surface area contributed by atoms with Crippen LogP contribution in [0.1, 0.15) is 38.6 Å². The van der Waals surface area contributed by atoms with Gasteiger partial charge in [0, 0.05) is 5.75 Å². The van der Waals surface area contributed by atoms with Gasteiger partial charge in [0.15, 0.2) is 6.04 Å². The van der Waals surface area contributed by atoms with Crippen LogP contribution in [0.5, 0.6) is 5.75 Å². The lowest BCUT2D eigenvalue weighted by Gasteiger charge is -2.04. The van der Waals surface area contributed by atoms with Crippen molar-refractivity contribution in [1.82, 2.24) is 4.98 Å². The lowest BCUT2D eigenvalue weighted by Crippen LogP contribution is -2.17. The number of aliphatic imine (C=N–C) groups is 1. The van der Waals surface area contributed by atoms with Crippen LogP contribution in [0.15, 0.2) is 46.5 Å². The van der Waals surface area contributed by atoms with Crippen molar-refractivity contribution >= 4 is 44.3 Å². The van der Waals surface area contributed by atoms with Gasteiger partial charge < -0.3 is 9.84 Å². The minimum absolute atomic E-state index is 0.467. The first-order valence-corrected chi connectivity index (χ1v) is 11.0. The average Bonchev–Trinajstić information content (AvgIpc) is 3.28. The van der Waals surface area contributed by atoms with Crippen molar-refractivity contribution in [3.8, 4) is 5.75 Å². The number of carbonyl (C=O) groups is 1. The van der Waals surface area contributed by atoms with Crippen LogP contribution in [0.2, 0.25) is 0 Å². The molecule has 0 bridgehead atoms. The van der Waals surface area contributed by atoms with E-state index in [0.717, 1.165) is 33.8 Å².